The van der Waals surface area contributed by atoms with Crippen molar-refractivity contribution in [2.75, 3.05) is 26.9 Å². The molecule has 0 fully saturated rings. The van der Waals surface area contributed by atoms with Gasteiger partial charge in [0.05, 0.1) is 24.9 Å². The quantitative estimate of drug-likeness (QED) is 0.334. The number of unbranched alkanes of at least 4 members (excludes halogenated alkanes) is 1. The molecule has 0 bridgehead atoms. The van der Waals surface area contributed by atoms with Crippen LogP contribution < -0.4 is 0 Å². The molecule has 5 heteroatoms. The van der Waals surface area contributed by atoms with Crippen LogP contribution in [0.15, 0.2) is 24.3 Å². The number of carbonyl (C=O) groups is 1. The minimum absolute atomic E-state index is 0.0979. The number of aryl methyl sites for hydroxylation is 1. The van der Waals surface area contributed by atoms with Crippen LogP contribution in [0.5, 0.6) is 0 Å². The van der Waals surface area contributed by atoms with Gasteiger partial charge >= 0.3 is 5.97 Å². The summed E-state index contributed by atoms with van der Waals surface area (Å²) in [7, 11) is 1.63. The normalized spacial score (nSPS) is 12.1. The average Bonchev–Trinajstić information content (AvgIpc) is 2.59. The smallest absolute Gasteiger partial charge is 0.373 e. The molecule has 1 unspecified atom stereocenters. The van der Waals surface area contributed by atoms with Crippen molar-refractivity contribution in [1.82, 2.24) is 0 Å². The summed E-state index contributed by atoms with van der Waals surface area (Å²) < 4.78 is 10.6. The van der Waals surface area contributed by atoms with Crippen molar-refractivity contribution in [3.63, 3.8) is 0 Å². The number of methoxy groups -OCH3 is 1. The van der Waals surface area contributed by atoms with Crippen LogP contribution in [0, 0.1) is 0 Å². The molecule has 0 heterocycles. The lowest BCUT2D eigenvalue weighted by Gasteiger charge is -2.17. The Balaban J connectivity index is 2.42. The van der Waals surface area contributed by atoms with Crippen molar-refractivity contribution in [3.8, 4) is 0 Å². The van der Waals surface area contributed by atoms with E-state index in [2.05, 4.69) is 6.92 Å². The van der Waals surface area contributed by atoms with Crippen LogP contribution in [0.25, 0.3) is 0 Å². The van der Waals surface area contributed by atoms with Gasteiger partial charge in [-0.2, -0.15) is 4.89 Å². The van der Waals surface area contributed by atoms with Crippen molar-refractivity contribution in [3.05, 3.63) is 35.4 Å². The second kappa shape index (κ2) is 12.0. The number of rotatable bonds is 12. The molecular formula is C18H28O5. The molecule has 1 aromatic carbocycles. The molecule has 0 spiro atoms. The van der Waals surface area contributed by atoms with E-state index in [4.69, 9.17) is 19.2 Å². The van der Waals surface area contributed by atoms with E-state index >= 15 is 0 Å². The van der Waals surface area contributed by atoms with Gasteiger partial charge in [-0.3, -0.25) is 4.89 Å². The highest BCUT2D eigenvalue weighted by Crippen LogP contribution is 2.12. The second-order valence-corrected chi connectivity index (χ2v) is 5.29. The van der Waals surface area contributed by atoms with E-state index in [-0.39, 0.29) is 12.7 Å². The standard InChI is InChI=1S/C18H28O5/c1-4-6-10-16(21-13-12-20-3)14-22-23-18(19)17-11-8-7-9-15(17)5-2/h7-9,11,16H,4-6,10,12-14H2,1-3H3. The molecule has 0 aliphatic heterocycles. The highest BCUT2D eigenvalue weighted by Gasteiger charge is 2.15. The van der Waals surface area contributed by atoms with Crippen LogP contribution in [0.1, 0.15) is 49.0 Å². The zero-order valence-corrected chi connectivity index (χ0v) is 14.4. The van der Waals surface area contributed by atoms with E-state index in [1.807, 2.05) is 25.1 Å². The summed E-state index contributed by atoms with van der Waals surface area (Å²) in [6.45, 7) is 5.38. The number of ether oxygens (including phenoxy) is 2. The fourth-order valence-corrected chi connectivity index (χ4v) is 2.18. The third kappa shape index (κ3) is 7.59. The van der Waals surface area contributed by atoms with Crippen molar-refractivity contribution < 1.29 is 24.0 Å². The Bertz CT molecular complexity index is 447. The average molecular weight is 324 g/mol. The summed E-state index contributed by atoms with van der Waals surface area (Å²) in [6.07, 6.45) is 3.65. The monoisotopic (exact) mass is 324 g/mol. The molecule has 0 saturated carbocycles. The Labute approximate surface area is 138 Å². The van der Waals surface area contributed by atoms with Gasteiger partial charge < -0.3 is 9.47 Å². The van der Waals surface area contributed by atoms with Gasteiger partial charge in [-0.25, -0.2) is 4.79 Å². The lowest BCUT2D eigenvalue weighted by Crippen LogP contribution is -2.23. The minimum atomic E-state index is -0.464. The topological polar surface area (TPSA) is 54.0 Å². The fourth-order valence-electron chi connectivity index (χ4n) is 2.18. The maximum atomic E-state index is 12.1. The molecule has 0 aromatic heterocycles. The third-order valence-corrected chi connectivity index (χ3v) is 3.53. The number of carbonyl (C=O) groups excluding carboxylic acids is 1. The van der Waals surface area contributed by atoms with E-state index in [0.717, 1.165) is 31.2 Å². The highest BCUT2D eigenvalue weighted by molar-refractivity contribution is 5.90. The van der Waals surface area contributed by atoms with E-state index in [1.54, 1.807) is 13.2 Å². The van der Waals surface area contributed by atoms with Crippen LogP contribution in [-0.4, -0.2) is 39.0 Å². The van der Waals surface area contributed by atoms with Gasteiger partial charge in [-0.15, -0.1) is 0 Å². The summed E-state index contributed by atoms with van der Waals surface area (Å²) in [6, 6.07) is 7.37. The summed E-state index contributed by atoms with van der Waals surface area (Å²) in [5.74, 6) is -0.464. The van der Waals surface area contributed by atoms with Gasteiger partial charge in [0.2, 0.25) is 0 Å². The van der Waals surface area contributed by atoms with Gasteiger partial charge in [-0.05, 0) is 24.5 Å². The first-order chi connectivity index (χ1) is 11.2. The molecule has 0 aliphatic rings. The zero-order valence-electron chi connectivity index (χ0n) is 14.4. The molecule has 1 aromatic rings. The lowest BCUT2D eigenvalue weighted by atomic mass is 10.1. The molecule has 23 heavy (non-hydrogen) atoms. The molecule has 0 radical (unpaired) electrons. The Morgan fingerprint density at radius 2 is 1.96 bits per heavy atom. The van der Waals surface area contributed by atoms with Crippen LogP contribution in [0.3, 0.4) is 0 Å². The molecule has 0 aliphatic carbocycles. The predicted octanol–water partition coefficient (Wildman–Crippen LogP) is 3.56. The van der Waals surface area contributed by atoms with Crippen LogP contribution >= 0.6 is 0 Å². The first kappa shape index (κ1) is 19.6. The zero-order chi connectivity index (χ0) is 16.9. The number of hydrogen-bond donors (Lipinski definition) is 0. The van der Waals surface area contributed by atoms with Crippen LogP contribution in [-0.2, 0) is 25.7 Å². The van der Waals surface area contributed by atoms with Gasteiger partial charge in [0.15, 0.2) is 0 Å². The summed E-state index contributed by atoms with van der Waals surface area (Å²) in [5.41, 5.74) is 1.49. The van der Waals surface area contributed by atoms with E-state index in [1.165, 1.54) is 0 Å². The Morgan fingerprint density at radius 1 is 1.17 bits per heavy atom. The van der Waals surface area contributed by atoms with Gasteiger partial charge in [0, 0.05) is 7.11 Å². The van der Waals surface area contributed by atoms with E-state index in [0.29, 0.717) is 18.8 Å². The molecule has 5 nitrogen and oxygen atoms in total. The van der Waals surface area contributed by atoms with Crippen molar-refractivity contribution in [2.45, 2.75) is 45.6 Å². The lowest BCUT2D eigenvalue weighted by molar-refractivity contribution is -0.258. The van der Waals surface area contributed by atoms with Gasteiger partial charge in [0.1, 0.15) is 6.61 Å². The largest absolute Gasteiger partial charge is 0.382 e. The summed E-state index contributed by atoms with van der Waals surface area (Å²) >= 11 is 0. The van der Waals surface area contributed by atoms with Crippen molar-refractivity contribution >= 4 is 5.97 Å². The van der Waals surface area contributed by atoms with Crippen LogP contribution in [0.2, 0.25) is 0 Å². The summed E-state index contributed by atoms with van der Waals surface area (Å²) in [4.78, 5) is 22.1. The highest BCUT2D eigenvalue weighted by atomic mass is 17.2. The number of benzene rings is 1. The van der Waals surface area contributed by atoms with Crippen molar-refractivity contribution in [1.29, 1.82) is 0 Å². The first-order valence-electron chi connectivity index (χ1n) is 8.25. The Kier molecular flexibility index (Phi) is 10.3. The molecule has 0 amide bonds. The minimum Gasteiger partial charge on any atom is -0.382 e. The predicted molar refractivity (Wildman–Crippen MR) is 88.3 cm³/mol. The van der Waals surface area contributed by atoms with Crippen molar-refractivity contribution in [2.24, 2.45) is 0 Å². The maximum absolute atomic E-state index is 12.1. The van der Waals surface area contributed by atoms with Crippen LogP contribution in [0.4, 0.5) is 0 Å². The molecule has 0 N–H and O–H groups in total. The molecular weight excluding hydrogens is 296 g/mol. The first-order valence-corrected chi connectivity index (χ1v) is 8.25. The Hall–Kier alpha value is -1.43. The number of hydrogen-bond acceptors (Lipinski definition) is 5. The maximum Gasteiger partial charge on any atom is 0.373 e. The van der Waals surface area contributed by atoms with Gasteiger partial charge in [-0.1, -0.05) is 44.9 Å². The Morgan fingerprint density at radius 3 is 2.65 bits per heavy atom. The van der Waals surface area contributed by atoms with E-state index in [9.17, 15) is 4.79 Å². The molecule has 130 valence electrons. The van der Waals surface area contributed by atoms with E-state index < -0.39 is 5.97 Å². The molecule has 1 rings (SSSR count). The SMILES string of the molecule is CCCCC(COOC(=O)c1ccccc1CC)OCCOC. The second-order valence-electron chi connectivity index (χ2n) is 5.29. The molecule has 1 atom stereocenters. The fraction of sp³-hybridized carbons (Fsp3) is 0.611. The third-order valence-electron chi connectivity index (χ3n) is 3.53. The summed E-state index contributed by atoms with van der Waals surface area (Å²) in [5, 5.41) is 0. The molecule has 0 saturated heterocycles. The van der Waals surface area contributed by atoms with Gasteiger partial charge in [0.25, 0.3) is 0 Å².